The van der Waals surface area contributed by atoms with Crippen LogP contribution in [0.15, 0.2) is 5.38 Å². The van der Waals surface area contributed by atoms with Gasteiger partial charge in [-0.2, -0.15) is 13.2 Å². The van der Waals surface area contributed by atoms with Crippen molar-refractivity contribution in [1.29, 1.82) is 0 Å². The molecule has 0 aliphatic heterocycles. The summed E-state index contributed by atoms with van der Waals surface area (Å²) in [6, 6.07) is 0.242. The maximum Gasteiger partial charge on any atom is 0.395 e. The molecule has 1 aromatic heterocycles. The average molecular weight is 252 g/mol. The van der Waals surface area contributed by atoms with E-state index in [0.717, 1.165) is 23.6 Å². The standard InChI is InChI=1S/C10H15F3N2S/c1-3-14-7(2)4-8-6-16-9(15-8)5-10(11,12)13/h6-7,14H,3-5H2,1-2H3. The first-order valence-electron chi connectivity index (χ1n) is 5.14. The number of thiazole rings is 1. The highest BCUT2D eigenvalue weighted by molar-refractivity contribution is 7.09. The molecule has 1 N–H and O–H groups in total. The van der Waals surface area contributed by atoms with Crippen molar-refractivity contribution >= 4 is 11.3 Å². The fraction of sp³-hybridized carbons (Fsp3) is 0.700. The number of alkyl halides is 3. The zero-order valence-electron chi connectivity index (χ0n) is 9.27. The second-order valence-corrected chi connectivity index (χ2v) is 4.63. The van der Waals surface area contributed by atoms with Gasteiger partial charge in [-0.05, 0) is 13.5 Å². The number of nitrogens with zero attached hydrogens (tertiary/aromatic N) is 1. The van der Waals surface area contributed by atoms with Gasteiger partial charge in [0.15, 0.2) is 0 Å². The molecule has 16 heavy (non-hydrogen) atoms. The predicted molar refractivity (Wildman–Crippen MR) is 58.7 cm³/mol. The zero-order chi connectivity index (χ0) is 12.2. The van der Waals surface area contributed by atoms with Crippen molar-refractivity contribution in [3.8, 4) is 0 Å². The number of hydrogen-bond donors (Lipinski definition) is 1. The van der Waals surface area contributed by atoms with Gasteiger partial charge in [-0.25, -0.2) is 4.98 Å². The topological polar surface area (TPSA) is 24.9 Å². The summed E-state index contributed by atoms with van der Waals surface area (Å²) >= 11 is 1.08. The van der Waals surface area contributed by atoms with Gasteiger partial charge >= 0.3 is 6.18 Å². The third kappa shape index (κ3) is 4.94. The van der Waals surface area contributed by atoms with Gasteiger partial charge in [0.1, 0.15) is 5.01 Å². The van der Waals surface area contributed by atoms with Crippen LogP contribution < -0.4 is 5.32 Å². The van der Waals surface area contributed by atoms with E-state index in [1.807, 2.05) is 13.8 Å². The summed E-state index contributed by atoms with van der Waals surface area (Å²) in [6.45, 7) is 4.83. The van der Waals surface area contributed by atoms with E-state index in [0.29, 0.717) is 6.42 Å². The Labute approximate surface area is 96.9 Å². The largest absolute Gasteiger partial charge is 0.395 e. The van der Waals surface area contributed by atoms with Crippen molar-refractivity contribution in [2.45, 2.75) is 38.9 Å². The van der Waals surface area contributed by atoms with Crippen molar-refractivity contribution < 1.29 is 13.2 Å². The minimum Gasteiger partial charge on any atom is -0.314 e. The van der Waals surface area contributed by atoms with Gasteiger partial charge in [0.2, 0.25) is 0 Å². The summed E-state index contributed by atoms with van der Waals surface area (Å²) in [6.07, 6.45) is -4.42. The summed E-state index contributed by atoms with van der Waals surface area (Å²) in [5.41, 5.74) is 0.734. The maximum absolute atomic E-state index is 12.1. The summed E-state index contributed by atoms with van der Waals surface area (Å²) in [4.78, 5) is 3.98. The molecule has 0 fully saturated rings. The van der Waals surface area contributed by atoms with Crippen LogP contribution in [-0.2, 0) is 12.8 Å². The fourth-order valence-electron chi connectivity index (χ4n) is 1.43. The van der Waals surface area contributed by atoms with Gasteiger partial charge in [-0.15, -0.1) is 11.3 Å². The van der Waals surface area contributed by atoms with E-state index in [1.165, 1.54) is 0 Å². The van der Waals surface area contributed by atoms with Gasteiger partial charge in [0.25, 0.3) is 0 Å². The molecule has 1 heterocycles. The molecule has 6 heteroatoms. The molecule has 0 aromatic carbocycles. The summed E-state index contributed by atoms with van der Waals surface area (Å²) in [5, 5.41) is 5.04. The van der Waals surface area contributed by atoms with Crippen molar-refractivity contribution in [2.75, 3.05) is 6.54 Å². The van der Waals surface area contributed by atoms with Crippen molar-refractivity contribution in [2.24, 2.45) is 0 Å². The molecule has 1 rings (SSSR count). The van der Waals surface area contributed by atoms with Crippen LogP contribution in [-0.4, -0.2) is 23.7 Å². The number of rotatable bonds is 5. The van der Waals surface area contributed by atoms with E-state index in [1.54, 1.807) is 5.38 Å². The molecule has 1 unspecified atom stereocenters. The molecular weight excluding hydrogens is 237 g/mol. The third-order valence-electron chi connectivity index (χ3n) is 2.02. The normalized spacial score (nSPS) is 14.1. The van der Waals surface area contributed by atoms with Gasteiger partial charge in [-0.3, -0.25) is 0 Å². The first-order chi connectivity index (χ1) is 7.40. The quantitative estimate of drug-likeness (QED) is 0.871. The first kappa shape index (κ1) is 13.4. The predicted octanol–water partition coefficient (Wildman–Crippen LogP) is 2.79. The molecule has 0 aliphatic rings. The molecule has 1 aromatic rings. The molecule has 92 valence electrons. The van der Waals surface area contributed by atoms with Crippen LogP contribution in [0.5, 0.6) is 0 Å². The lowest BCUT2D eigenvalue weighted by Crippen LogP contribution is -2.27. The number of likely N-dealkylation sites (N-methyl/N-ethyl adjacent to an activating group) is 1. The molecule has 0 saturated heterocycles. The Balaban J connectivity index is 2.51. The van der Waals surface area contributed by atoms with Crippen molar-refractivity contribution in [3.63, 3.8) is 0 Å². The van der Waals surface area contributed by atoms with E-state index in [4.69, 9.17) is 0 Å². The van der Waals surface area contributed by atoms with Crippen molar-refractivity contribution in [1.82, 2.24) is 10.3 Å². The van der Waals surface area contributed by atoms with E-state index in [2.05, 4.69) is 10.3 Å². The van der Waals surface area contributed by atoms with Crippen LogP contribution >= 0.6 is 11.3 Å². The van der Waals surface area contributed by atoms with Crippen LogP contribution in [0, 0.1) is 0 Å². The zero-order valence-corrected chi connectivity index (χ0v) is 10.1. The lowest BCUT2D eigenvalue weighted by molar-refractivity contribution is -0.127. The molecule has 0 saturated carbocycles. The van der Waals surface area contributed by atoms with Gasteiger partial charge in [0, 0.05) is 17.8 Å². The van der Waals surface area contributed by atoms with Crippen LogP contribution in [0.1, 0.15) is 24.5 Å². The summed E-state index contributed by atoms with van der Waals surface area (Å²) in [5.74, 6) is 0. The Bertz CT molecular complexity index is 322. The van der Waals surface area contributed by atoms with E-state index < -0.39 is 12.6 Å². The minimum atomic E-state index is -4.16. The van der Waals surface area contributed by atoms with Gasteiger partial charge in [0.05, 0.1) is 12.1 Å². The maximum atomic E-state index is 12.1. The van der Waals surface area contributed by atoms with Crippen LogP contribution in [0.25, 0.3) is 0 Å². The lowest BCUT2D eigenvalue weighted by atomic mass is 10.2. The number of aromatic nitrogens is 1. The third-order valence-corrected chi connectivity index (χ3v) is 2.92. The van der Waals surface area contributed by atoms with E-state index >= 15 is 0 Å². The number of nitrogens with one attached hydrogen (secondary N) is 1. The Morgan fingerprint density at radius 3 is 2.75 bits per heavy atom. The second-order valence-electron chi connectivity index (χ2n) is 3.69. The highest BCUT2D eigenvalue weighted by Crippen LogP contribution is 2.23. The Kier molecular flexibility index (Phi) is 4.73. The Morgan fingerprint density at radius 2 is 2.19 bits per heavy atom. The van der Waals surface area contributed by atoms with Crippen LogP contribution in [0.2, 0.25) is 0 Å². The Hall–Kier alpha value is -0.620. The lowest BCUT2D eigenvalue weighted by Gasteiger charge is -2.09. The van der Waals surface area contributed by atoms with E-state index in [-0.39, 0.29) is 11.0 Å². The smallest absolute Gasteiger partial charge is 0.314 e. The number of halogens is 3. The molecule has 2 nitrogen and oxygen atoms in total. The van der Waals surface area contributed by atoms with Crippen molar-refractivity contribution in [3.05, 3.63) is 16.1 Å². The number of hydrogen-bond acceptors (Lipinski definition) is 3. The molecule has 0 bridgehead atoms. The molecule has 0 radical (unpaired) electrons. The Morgan fingerprint density at radius 1 is 1.50 bits per heavy atom. The van der Waals surface area contributed by atoms with Crippen LogP contribution in [0.4, 0.5) is 13.2 Å². The minimum absolute atomic E-state index is 0.145. The fourth-order valence-corrected chi connectivity index (χ4v) is 2.27. The first-order valence-corrected chi connectivity index (χ1v) is 6.02. The molecule has 0 amide bonds. The monoisotopic (exact) mass is 252 g/mol. The molecule has 0 aliphatic carbocycles. The van der Waals surface area contributed by atoms with E-state index in [9.17, 15) is 13.2 Å². The summed E-state index contributed by atoms with van der Waals surface area (Å²) in [7, 11) is 0. The van der Waals surface area contributed by atoms with Gasteiger partial charge in [-0.1, -0.05) is 6.92 Å². The van der Waals surface area contributed by atoms with Crippen LogP contribution in [0.3, 0.4) is 0 Å². The molecule has 1 atom stereocenters. The molecular formula is C10H15F3N2S. The average Bonchev–Trinajstić information content (AvgIpc) is 2.49. The highest BCUT2D eigenvalue weighted by atomic mass is 32.1. The summed E-state index contributed by atoms with van der Waals surface area (Å²) < 4.78 is 36.3. The molecule has 0 spiro atoms. The van der Waals surface area contributed by atoms with Gasteiger partial charge < -0.3 is 5.32 Å². The highest BCUT2D eigenvalue weighted by Gasteiger charge is 2.29. The SMILES string of the molecule is CCNC(C)Cc1csc(CC(F)(F)F)n1. The second kappa shape index (κ2) is 5.63.